The van der Waals surface area contributed by atoms with Gasteiger partial charge in [-0.05, 0) is 76.5 Å². The third kappa shape index (κ3) is 3.33. The molecule has 0 unspecified atom stereocenters. The van der Waals surface area contributed by atoms with E-state index in [1.165, 1.54) is 30.6 Å². The fourth-order valence-corrected chi connectivity index (χ4v) is 4.90. The Hall–Kier alpha value is -2.24. The Bertz CT molecular complexity index is 927. The third-order valence-electron chi connectivity index (χ3n) is 6.42. The minimum absolute atomic E-state index is 0.285. The quantitative estimate of drug-likeness (QED) is 0.743. The molecule has 5 nitrogen and oxygen atoms in total. The first-order valence-electron chi connectivity index (χ1n) is 10.6. The van der Waals surface area contributed by atoms with Gasteiger partial charge in [-0.25, -0.2) is 4.98 Å². The summed E-state index contributed by atoms with van der Waals surface area (Å²) in [5.74, 6) is 1.22. The van der Waals surface area contributed by atoms with Gasteiger partial charge in [0.1, 0.15) is 5.82 Å². The van der Waals surface area contributed by atoms with Crippen molar-refractivity contribution in [1.29, 1.82) is 0 Å². The summed E-state index contributed by atoms with van der Waals surface area (Å²) < 4.78 is 2.56. The Balaban J connectivity index is 1.50. The van der Waals surface area contributed by atoms with E-state index < -0.39 is 0 Å². The van der Waals surface area contributed by atoms with Crippen molar-refractivity contribution in [3.8, 4) is 0 Å². The number of hydrogen-bond donors (Lipinski definition) is 1. The monoisotopic (exact) mass is 375 g/mol. The van der Waals surface area contributed by atoms with E-state index in [0.717, 1.165) is 37.1 Å². The van der Waals surface area contributed by atoms with Gasteiger partial charge in [-0.2, -0.15) is 0 Å². The van der Waals surface area contributed by atoms with Crippen molar-refractivity contribution in [2.75, 3.05) is 20.1 Å². The zero-order valence-corrected chi connectivity index (χ0v) is 16.6. The lowest BCUT2D eigenvalue weighted by atomic mass is 9.95. The molecule has 0 radical (unpaired) electrons. The first-order valence-corrected chi connectivity index (χ1v) is 10.6. The molecule has 2 aliphatic heterocycles. The Kier molecular flexibility index (Phi) is 4.87. The fourth-order valence-electron chi connectivity index (χ4n) is 4.90. The summed E-state index contributed by atoms with van der Waals surface area (Å²) in [6.45, 7) is 2.32. The highest BCUT2D eigenvalue weighted by atomic mass is 15.2. The minimum Gasteiger partial charge on any atom is -0.323 e. The second-order valence-electron chi connectivity index (χ2n) is 8.32. The van der Waals surface area contributed by atoms with Crippen LogP contribution in [-0.2, 0) is 0 Å². The minimum atomic E-state index is 0.285. The lowest BCUT2D eigenvalue weighted by Gasteiger charge is -2.35. The van der Waals surface area contributed by atoms with E-state index in [4.69, 9.17) is 4.98 Å². The number of rotatable bonds is 3. The number of benzene rings is 1. The highest BCUT2D eigenvalue weighted by Gasteiger charge is 2.31. The number of piperidine rings is 2. The summed E-state index contributed by atoms with van der Waals surface area (Å²) in [6.07, 6.45) is 7.77. The number of pyridine rings is 1. The molecule has 1 aromatic carbocycles. The second kappa shape index (κ2) is 7.64. The average Bonchev–Trinajstić information content (AvgIpc) is 3.15. The fraction of sp³-hybridized carbons (Fsp3) is 0.478. The van der Waals surface area contributed by atoms with Gasteiger partial charge in [-0.3, -0.25) is 10.3 Å². The van der Waals surface area contributed by atoms with Crippen molar-refractivity contribution >= 4 is 11.0 Å². The summed E-state index contributed by atoms with van der Waals surface area (Å²) in [6, 6.07) is 16.0. The predicted octanol–water partition coefficient (Wildman–Crippen LogP) is 4.25. The van der Waals surface area contributed by atoms with Crippen LogP contribution in [0.4, 0.5) is 0 Å². The van der Waals surface area contributed by atoms with Gasteiger partial charge in [0.15, 0.2) is 0 Å². The van der Waals surface area contributed by atoms with Gasteiger partial charge in [0.2, 0.25) is 0 Å². The van der Waals surface area contributed by atoms with Crippen LogP contribution in [0, 0.1) is 0 Å². The van der Waals surface area contributed by atoms with Gasteiger partial charge in [0, 0.05) is 12.2 Å². The number of para-hydroxylation sites is 2. The zero-order chi connectivity index (χ0) is 18.9. The third-order valence-corrected chi connectivity index (χ3v) is 6.42. The van der Waals surface area contributed by atoms with Gasteiger partial charge >= 0.3 is 0 Å². The van der Waals surface area contributed by atoms with E-state index in [1.54, 1.807) is 0 Å². The number of likely N-dealkylation sites (tertiary alicyclic amines) is 1. The van der Waals surface area contributed by atoms with E-state index in [9.17, 15) is 0 Å². The molecule has 3 aromatic rings. The van der Waals surface area contributed by atoms with Gasteiger partial charge in [0.05, 0.1) is 28.8 Å². The SMILES string of the molecule is CN1CCC(n2c([C@H]3CCC[C@@H](c4ccccn4)N3)nc3ccccc32)CC1. The van der Waals surface area contributed by atoms with Crippen molar-refractivity contribution in [3.63, 3.8) is 0 Å². The first kappa shape index (κ1) is 17.8. The van der Waals surface area contributed by atoms with Crippen LogP contribution in [0.3, 0.4) is 0 Å². The van der Waals surface area contributed by atoms with Crippen LogP contribution in [0.25, 0.3) is 11.0 Å². The molecular formula is C23H29N5. The highest BCUT2D eigenvalue weighted by Crippen LogP contribution is 2.36. The molecule has 5 heteroatoms. The molecule has 28 heavy (non-hydrogen) atoms. The maximum atomic E-state index is 5.13. The molecule has 1 N–H and O–H groups in total. The average molecular weight is 376 g/mol. The van der Waals surface area contributed by atoms with E-state index in [2.05, 4.69) is 63.2 Å². The molecule has 0 spiro atoms. The van der Waals surface area contributed by atoms with Crippen LogP contribution < -0.4 is 5.32 Å². The standard InChI is InChI=1S/C23H29N5/c1-27-15-12-17(13-16-27)28-22-11-3-2-8-20(22)26-23(28)21-10-6-9-19(25-21)18-7-4-5-14-24-18/h2-5,7-8,11,14,17,19,21,25H,6,9-10,12-13,15-16H2,1H3/t19-,21+/m0/s1. The summed E-state index contributed by atoms with van der Waals surface area (Å²) in [5, 5.41) is 3.88. The van der Waals surface area contributed by atoms with E-state index in [0.29, 0.717) is 12.1 Å². The molecule has 2 fully saturated rings. The number of fused-ring (bicyclic) bond motifs is 1. The second-order valence-corrected chi connectivity index (χ2v) is 8.32. The number of nitrogens with one attached hydrogen (secondary N) is 1. The predicted molar refractivity (Wildman–Crippen MR) is 112 cm³/mol. The Morgan fingerprint density at radius 2 is 1.71 bits per heavy atom. The van der Waals surface area contributed by atoms with Crippen molar-refractivity contribution in [3.05, 3.63) is 60.2 Å². The van der Waals surface area contributed by atoms with Crippen LogP contribution in [0.2, 0.25) is 0 Å². The maximum Gasteiger partial charge on any atom is 0.127 e. The van der Waals surface area contributed by atoms with Gasteiger partial charge in [-0.15, -0.1) is 0 Å². The molecule has 146 valence electrons. The van der Waals surface area contributed by atoms with Crippen LogP contribution in [0.5, 0.6) is 0 Å². The van der Waals surface area contributed by atoms with Crippen LogP contribution in [0.1, 0.15) is 61.7 Å². The van der Waals surface area contributed by atoms with Crippen molar-refractivity contribution < 1.29 is 0 Å². The van der Waals surface area contributed by atoms with Crippen LogP contribution in [0.15, 0.2) is 48.7 Å². The highest BCUT2D eigenvalue weighted by molar-refractivity contribution is 5.76. The Morgan fingerprint density at radius 3 is 2.54 bits per heavy atom. The van der Waals surface area contributed by atoms with Crippen LogP contribution >= 0.6 is 0 Å². The molecule has 2 saturated heterocycles. The summed E-state index contributed by atoms with van der Waals surface area (Å²) in [7, 11) is 2.23. The molecule has 5 rings (SSSR count). The number of imidazole rings is 1. The largest absolute Gasteiger partial charge is 0.323 e. The molecule has 2 aromatic heterocycles. The van der Waals surface area contributed by atoms with E-state index >= 15 is 0 Å². The Labute approximate surface area is 166 Å². The van der Waals surface area contributed by atoms with Gasteiger partial charge in [-0.1, -0.05) is 18.2 Å². The Morgan fingerprint density at radius 1 is 0.929 bits per heavy atom. The topological polar surface area (TPSA) is 46.0 Å². The number of nitrogens with zero attached hydrogens (tertiary/aromatic N) is 4. The van der Waals surface area contributed by atoms with Gasteiger partial charge in [0.25, 0.3) is 0 Å². The zero-order valence-electron chi connectivity index (χ0n) is 16.6. The van der Waals surface area contributed by atoms with Crippen molar-refractivity contribution in [2.24, 2.45) is 0 Å². The summed E-state index contributed by atoms with van der Waals surface area (Å²) in [5.41, 5.74) is 3.56. The van der Waals surface area contributed by atoms with Crippen molar-refractivity contribution in [1.82, 2.24) is 24.8 Å². The van der Waals surface area contributed by atoms with Crippen LogP contribution in [-0.4, -0.2) is 39.6 Å². The van der Waals surface area contributed by atoms with E-state index in [1.807, 2.05) is 12.3 Å². The number of hydrogen-bond acceptors (Lipinski definition) is 4. The summed E-state index contributed by atoms with van der Waals surface area (Å²) >= 11 is 0. The molecule has 0 bridgehead atoms. The molecule has 4 heterocycles. The molecule has 2 atom stereocenters. The van der Waals surface area contributed by atoms with Gasteiger partial charge < -0.3 is 9.47 Å². The molecular weight excluding hydrogens is 346 g/mol. The van der Waals surface area contributed by atoms with E-state index in [-0.39, 0.29) is 6.04 Å². The smallest absolute Gasteiger partial charge is 0.127 e. The molecule has 2 aliphatic rings. The lowest BCUT2D eigenvalue weighted by molar-refractivity contribution is 0.215. The normalized spacial score (nSPS) is 24.6. The number of aromatic nitrogens is 3. The molecule has 0 aliphatic carbocycles. The summed E-state index contributed by atoms with van der Waals surface area (Å²) in [4.78, 5) is 12.2. The molecule has 0 saturated carbocycles. The lowest BCUT2D eigenvalue weighted by Crippen LogP contribution is -2.36. The first-order chi connectivity index (χ1) is 13.8. The maximum absolute atomic E-state index is 5.13. The molecule has 0 amide bonds. The van der Waals surface area contributed by atoms with Crippen molar-refractivity contribution in [2.45, 2.75) is 50.2 Å².